The number of amides is 2. The number of nitrogens with one attached hydrogen (secondary N) is 2. The van der Waals surface area contributed by atoms with Crippen molar-refractivity contribution >= 4 is 17.5 Å². The summed E-state index contributed by atoms with van der Waals surface area (Å²) < 4.78 is 26.8. The van der Waals surface area contributed by atoms with Gasteiger partial charge in [0.05, 0.1) is 5.41 Å². The summed E-state index contributed by atoms with van der Waals surface area (Å²) in [6.07, 6.45) is 6.35. The summed E-state index contributed by atoms with van der Waals surface area (Å²) in [4.78, 5) is 29.1. The van der Waals surface area contributed by atoms with Gasteiger partial charge in [0.25, 0.3) is 0 Å². The minimum absolute atomic E-state index is 0.00445. The maximum atomic E-state index is 13.6. The summed E-state index contributed by atoms with van der Waals surface area (Å²) in [5.41, 5.74) is 6.43. The van der Waals surface area contributed by atoms with Gasteiger partial charge in [-0.2, -0.15) is 0 Å². The van der Waals surface area contributed by atoms with Gasteiger partial charge in [-0.25, -0.2) is 8.78 Å². The van der Waals surface area contributed by atoms with E-state index in [0.29, 0.717) is 5.56 Å². The van der Waals surface area contributed by atoms with E-state index >= 15 is 0 Å². The fourth-order valence-electron chi connectivity index (χ4n) is 4.10. The van der Waals surface area contributed by atoms with Crippen LogP contribution in [0.3, 0.4) is 0 Å². The minimum atomic E-state index is -1.03. The molecule has 6 nitrogen and oxygen atoms in total. The van der Waals surface area contributed by atoms with E-state index in [1.807, 2.05) is 0 Å². The van der Waals surface area contributed by atoms with E-state index < -0.39 is 17.0 Å². The van der Waals surface area contributed by atoms with E-state index in [1.54, 1.807) is 38.4 Å². The number of rotatable bonds is 7. The van der Waals surface area contributed by atoms with Crippen molar-refractivity contribution in [2.45, 2.75) is 51.0 Å². The van der Waals surface area contributed by atoms with Crippen molar-refractivity contribution in [1.82, 2.24) is 10.3 Å². The third-order valence-electron chi connectivity index (χ3n) is 6.40. The van der Waals surface area contributed by atoms with Crippen LogP contribution in [0.2, 0.25) is 0 Å². The number of nitrogens with two attached hydrogens (primary N) is 1. The summed E-state index contributed by atoms with van der Waals surface area (Å²) in [5.74, 6) is -2.09. The lowest BCUT2D eigenvalue weighted by Gasteiger charge is -2.32. The molecule has 0 bridgehead atoms. The van der Waals surface area contributed by atoms with Crippen LogP contribution in [0.15, 0.2) is 42.7 Å². The molecule has 1 unspecified atom stereocenters. The first kappa shape index (κ1) is 23.8. The fourth-order valence-corrected chi connectivity index (χ4v) is 4.10. The van der Waals surface area contributed by atoms with Crippen LogP contribution in [0.25, 0.3) is 0 Å². The highest BCUT2D eigenvalue weighted by molar-refractivity contribution is 5.92. The van der Waals surface area contributed by atoms with Gasteiger partial charge in [0.15, 0.2) is 11.6 Å². The molecule has 32 heavy (non-hydrogen) atoms. The lowest BCUT2D eigenvalue weighted by atomic mass is 9.78. The maximum Gasteiger partial charge on any atom is 0.230 e. The zero-order valence-electron chi connectivity index (χ0n) is 18.4. The summed E-state index contributed by atoms with van der Waals surface area (Å²) in [7, 11) is 0. The molecule has 1 atom stereocenters. The highest BCUT2D eigenvalue weighted by Gasteiger charge is 2.33. The van der Waals surface area contributed by atoms with Crippen molar-refractivity contribution in [1.29, 1.82) is 0 Å². The van der Waals surface area contributed by atoms with E-state index in [1.165, 1.54) is 6.07 Å². The number of carbonyl (C=O) groups excluding carboxylic acids is 2. The quantitative estimate of drug-likeness (QED) is 0.609. The van der Waals surface area contributed by atoms with Gasteiger partial charge in [-0.1, -0.05) is 6.07 Å². The Morgan fingerprint density at radius 1 is 1.09 bits per heavy atom. The first-order valence-corrected chi connectivity index (χ1v) is 10.9. The lowest BCUT2D eigenvalue weighted by Crippen LogP contribution is -2.48. The lowest BCUT2D eigenvalue weighted by molar-refractivity contribution is -0.125. The number of hydrogen-bond acceptors (Lipinski definition) is 4. The highest BCUT2D eigenvalue weighted by atomic mass is 19.2. The first-order valence-electron chi connectivity index (χ1n) is 10.9. The normalized spacial score (nSPS) is 19.8. The number of benzene rings is 1. The highest BCUT2D eigenvalue weighted by Crippen LogP contribution is 2.31. The summed E-state index contributed by atoms with van der Waals surface area (Å²) in [5, 5.41) is 5.77. The second-order valence-electron chi connectivity index (χ2n) is 8.96. The van der Waals surface area contributed by atoms with Crippen molar-refractivity contribution in [3.63, 3.8) is 0 Å². The van der Waals surface area contributed by atoms with Crippen molar-refractivity contribution in [2.24, 2.45) is 17.6 Å². The predicted octanol–water partition coefficient (Wildman–Crippen LogP) is 3.53. The van der Waals surface area contributed by atoms with Crippen molar-refractivity contribution in [3.05, 3.63) is 59.9 Å². The van der Waals surface area contributed by atoms with E-state index in [9.17, 15) is 18.4 Å². The summed E-state index contributed by atoms with van der Waals surface area (Å²) in [6.45, 7) is 3.60. The maximum absolute atomic E-state index is 13.6. The Balaban J connectivity index is 1.47. The predicted molar refractivity (Wildman–Crippen MR) is 119 cm³/mol. The van der Waals surface area contributed by atoms with Gasteiger partial charge in [-0.15, -0.1) is 0 Å². The van der Waals surface area contributed by atoms with E-state index in [2.05, 4.69) is 15.6 Å². The van der Waals surface area contributed by atoms with Crippen molar-refractivity contribution in [2.75, 3.05) is 11.9 Å². The molecular formula is C24H30F2N4O2. The number of pyridine rings is 1. The second kappa shape index (κ2) is 10.2. The Bertz CT molecular complexity index is 944. The molecule has 8 heteroatoms. The number of carbonyl (C=O) groups is 2. The number of halogens is 2. The van der Waals surface area contributed by atoms with Gasteiger partial charge in [-0.05, 0) is 75.3 Å². The number of anilines is 1. The fraction of sp³-hybridized carbons (Fsp3) is 0.458. The van der Waals surface area contributed by atoms with E-state index in [0.717, 1.165) is 43.5 Å². The third kappa shape index (κ3) is 5.68. The molecule has 4 N–H and O–H groups in total. The van der Waals surface area contributed by atoms with Gasteiger partial charge in [0.1, 0.15) is 0 Å². The standard InChI is InChI=1S/C24H30F2N4O2/c1-24(2,17-7-8-19(25)20(26)13-17)23(32)29-14-21(27)15-3-5-16(6-4-15)22(31)30-18-9-11-28-12-10-18/h7-13,15-16,21H,3-6,14,27H2,1-2H3,(H,29,32)(H,28,30,31). The monoisotopic (exact) mass is 444 g/mol. The smallest absolute Gasteiger partial charge is 0.230 e. The van der Waals surface area contributed by atoms with Gasteiger partial charge in [0, 0.05) is 36.6 Å². The molecule has 2 aromatic rings. The Hall–Kier alpha value is -2.87. The molecule has 1 heterocycles. The number of hydrogen-bond donors (Lipinski definition) is 3. The molecule has 1 aliphatic carbocycles. The van der Waals surface area contributed by atoms with E-state index in [4.69, 9.17) is 5.73 Å². The molecule has 2 amide bonds. The van der Waals surface area contributed by atoms with Gasteiger partial charge in [-0.3, -0.25) is 14.6 Å². The molecule has 172 valence electrons. The number of aromatic nitrogens is 1. The molecular weight excluding hydrogens is 414 g/mol. The Kier molecular flexibility index (Phi) is 7.56. The van der Waals surface area contributed by atoms with Gasteiger partial charge < -0.3 is 16.4 Å². The molecule has 1 aromatic carbocycles. The molecule has 0 radical (unpaired) electrons. The molecule has 1 fully saturated rings. The molecule has 0 saturated heterocycles. The van der Waals surface area contributed by atoms with Crippen LogP contribution in [0, 0.1) is 23.5 Å². The van der Waals surface area contributed by atoms with Crippen LogP contribution in [0.4, 0.5) is 14.5 Å². The second-order valence-corrected chi connectivity index (χ2v) is 8.96. The third-order valence-corrected chi connectivity index (χ3v) is 6.40. The van der Waals surface area contributed by atoms with Gasteiger partial charge in [0.2, 0.25) is 11.8 Å². The Morgan fingerprint density at radius 2 is 1.75 bits per heavy atom. The van der Waals surface area contributed by atoms with Crippen LogP contribution in [0.5, 0.6) is 0 Å². The largest absolute Gasteiger partial charge is 0.354 e. The average Bonchev–Trinajstić information content (AvgIpc) is 2.79. The van der Waals surface area contributed by atoms with Crippen LogP contribution in [-0.4, -0.2) is 29.4 Å². The van der Waals surface area contributed by atoms with Crippen LogP contribution in [-0.2, 0) is 15.0 Å². The summed E-state index contributed by atoms with van der Waals surface area (Å²) in [6, 6.07) is 6.75. The van der Waals surface area contributed by atoms with Gasteiger partial charge >= 0.3 is 0 Å². The molecule has 1 aromatic heterocycles. The van der Waals surface area contributed by atoms with E-state index in [-0.39, 0.29) is 36.2 Å². The first-order chi connectivity index (χ1) is 15.2. The Morgan fingerprint density at radius 3 is 2.38 bits per heavy atom. The zero-order valence-corrected chi connectivity index (χ0v) is 18.4. The molecule has 1 aliphatic rings. The topological polar surface area (TPSA) is 97.1 Å². The molecule has 0 aliphatic heterocycles. The van der Waals surface area contributed by atoms with Crippen LogP contribution < -0.4 is 16.4 Å². The zero-order chi connectivity index (χ0) is 23.3. The molecule has 3 rings (SSSR count). The average molecular weight is 445 g/mol. The van der Waals surface area contributed by atoms with Crippen molar-refractivity contribution in [3.8, 4) is 0 Å². The van der Waals surface area contributed by atoms with Crippen LogP contribution >= 0.6 is 0 Å². The summed E-state index contributed by atoms with van der Waals surface area (Å²) >= 11 is 0. The number of nitrogens with zero attached hydrogens (tertiary/aromatic N) is 1. The van der Waals surface area contributed by atoms with Crippen molar-refractivity contribution < 1.29 is 18.4 Å². The molecule has 0 spiro atoms. The molecule has 1 saturated carbocycles. The minimum Gasteiger partial charge on any atom is -0.354 e. The SMILES string of the molecule is CC(C)(C(=O)NCC(N)C1CCC(C(=O)Nc2ccncc2)CC1)c1ccc(F)c(F)c1. The Labute approximate surface area is 187 Å². The van der Waals surface area contributed by atoms with Crippen LogP contribution in [0.1, 0.15) is 45.1 Å².